The van der Waals surface area contributed by atoms with E-state index in [-0.39, 0.29) is 23.7 Å². The SMILES string of the molecule is Cc1ccc(C(=O)Nc2ccc(Oc3ccc4nc(COc5ccc(CC6SC(=O)NC6=O)cc5)n(C)c4c3)cc2)cc1. The van der Waals surface area contributed by atoms with Crippen LogP contribution < -0.4 is 20.1 Å². The number of fused-ring (bicyclic) bond motifs is 1. The van der Waals surface area contributed by atoms with Crippen molar-refractivity contribution in [3.63, 3.8) is 0 Å². The molecule has 0 spiro atoms. The summed E-state index contributed by atoms with van der Waals surface area (Å²) in [6, 6.07) is 27.8. The minimum Gasteiger partial charge on any atom is -0.486 e. The first-order chi connectivity index (χ1) is 20.8. The largest absolute Gasteiger partial charge is 0.486 e. The summed E-state index contributed by atoms with van der Waals surface area (Å²) in [6.45, 7) is 2.25. The van der Waals surface area contributed by atoms with Gasteiger partial charge in [-0.15, -0.1) is 0 Å². The molecule has 0 aliphatic carbocycles. The number of thioether (sulfide) groups is 1. The van der Waals surface area contributed by atoms with E-state index in [1.807, 2.05) is 85.3 Å². The normalized spacial score (nSPS) is 14.5. The molecule has 1 fully saturated rings. The second-order valence-corrected chi connectivity index (χ2v) is 11.4. The lowest BCUT2D eigenvalue weighted by atomic mass is 10.1. The maximum absolute atomic E-state index is 12.5. The number of nitrogens with one attached hydrogen (secondary N) is 2. The topological polar surface area (TPSA) is 112 Å². The first-order valence-electron chi connectivity index (χ1n) is 13.7. The van der Waals surface area contributed by atoms with Gasteiger partial charge in [0, 0.05) is 24.4 Å². The first kappa shape index (κ1) is 28.0. The predicted molar refractivity (Wildman–Crippen MR) is 166 cm³/mol. The lowest BCUT2D eigenvalue weighted by Gasteiger charge is -2.09. The molecule has 0 saturated carbocycles. The summed E-state index contributed by atoms with van der Waals surface area (Å²) in [5, 5.41) is 4.52. The van der Waals surface area contributed by atoms with Gasteiger partial charge in [0.25, 0.3) is 11.1 Å². The zero-order valence-electron chi connectivity index (χ0n) is 23.5. The molecule has 1 saturated heterocycles. The third-order valence-electron chi connectivity index (χ3n) is 7.09. The number of imide groups is 1. The molecule has 2 heterocycles. The van der Waals surface area contributed by atoms with Gasteiger partial charge in [0.05, 0.1) is 16.3 Å². The second kappa shape index (κ2) is 12.0. The smallest absolute Gasteiger partial charge is 0.286 e. The number of rotatable bonds is 9. The van der Waals surface area contributed by atoms with Gasteiger partial charge in [-0.1, -0.05) is 41.6 Å². The van der Waals surface area contributed by atoms with Crippen molar-refractivity contribution in [2.24, 2.45) is 7.05 Å². The highest BCUT2D eigenvalue weighted by Gasteiger charge is 2.31. The van der Waals surface area contributed by atoms with Crippen LogP contribution in [0.4, 0.5) is 10.5 Å². The molecule has 216 valence electrons. The van der Waals surface area contributed by atoms with Crippen LogP contribution in [0.25, 0.3) is 11.0 Å². The molecular formula is C33H28N4O5S. The highest BCUT2D eigenvalue weighted by Crippen LogP contribution is 2.28. The van der Waals surface area contributed by atoms with Crippen LogP contribution in [-0.4, -0.2) is 31.9 Å². The van der Waals surface area contributed by atoms with E-state index >= 15 is 0 Å². The Morgan fingerprint density at radius 1 is 0.930 bits per heavy atom. The molecule has 1 atom stereocenters. The predicted octanol–water partition coefficient (Wildman–Crippen LogP) is 6.40. The number of imidazole rings is 1. The van der Waals surface area contributed by atoms with Gasteiger partial charge in [-0.3, -0.25) is 19.7 Å². The summed E-state index contributed by atoms with van der Waals surface area (Å²) in [4.78, 5) is 40.4. The molecule has 1 unspecified atom stereocenters. The number of ether oxygens (including phenoxy) is 2. The van der Waals surface area contributed by atoms with Crippen LogP contribution in [0.15, 0.2) is 91.0 Å². The second-order valence-electron chi connectivity index (χ2n) is 10.2. The van der Waals surface area contributed by atoms with Crippen molar-refractivity contribution < 1.29 is 23.9 Å². The summed E-state index contributed by atoms with van der Waals surface area (Å²) < 4.78 is 14.0. The highest BCUT2D eigenvalue weighted by atomic mass is 32.2. The number of aryl methyl sites for hydroxylation is 2. The number of amides is 3. The van der Waals surface area contributed by atoms with Crippen LogP contribution >= 0.6 is 11.8 Å². The Bertz CT molecular complexity index is 1820. The molecular weight excluding hydrogens is 564 g/mol. The first-order valence-corrected chi connectivity index (χ1v) is 14.5. The summed E-state index contributed by atoms with van der Waals surface area (Å²) in [6.07, 6.45) is 0.479. The number of nitrogens with zero attached hydrogens (tertiary/aromatic N) is 2. The van der Waals surface area contributed by atoms with Crippen molar-refractivity contribution in [2.45, 2.75) is 25.2 Å². The molecule has 5 aromatic rings. The van der Waals surface area contributed by atoms with E-state index in [0.29, 0.717) is 34.9 Å². The van der Waals surface area contributed by atoms with Gasteiger partial charge in [-0.05, 0) is 79.6 Å². The van der Waals surface area contributed by atoms with Crippen LogP contribution in [0, 0.1) is 6.92 Å². The van der Waals surface area contributed by atoms with Gasteiger partial charge in [0.1, 0.15) is 29.7 Å². The fourth-order valence-corrected chi connectivity index (χ4v) is 5.53. The third kappa shape index (κ3) is 6.54. The minimum atomic E-state index is -0.399. The van der Waals surface area contributed by atoms with Gasteiger partial charge in [0.2, 0.25) is 5.91 Å². The average molecular weight is 593 g/mol. The molecule has 1 aromatic heterocycles. The van der Waals surface area contributed by atoms with Crippen LogP contribution in [0.1, 0.15) is 27.3 Å². The van der Waals surface area contributed by atoms with E-state index in [1.165, 1.54) is 0 Å². The van der Waals surface area contributed by atoms with Crippen LogP contribution in [0.5, 0.6) is 17.2 Å². The van der Waals surface area contributed by atoms with Crippen molar-refractivity contribution in [2.75, 3.05) is 5.32 Å². The van der Waals surface area contributed by atoms with Crippen LogP contribution in [0.3, 0.4) is 0 Å². The highest BCUT2D eigenvalue weighted by molar-refractivity contribution is 8.15. The Balaban J connectivity index is 1.06. The Labute approximate surface area is 252 Å². The van der Waals surface area contributed by atoms with Crippen molar-refractivity contribution in [1.29, 1.82) is 0 Å². The Morgan fingerprint density at radius 2 is 1.63 bits per heavy atom. The number of hydrogen-bond acceptors (Lipinski definition) is 7. The van der Waals surface area contributed by atoms with E-state index in [4.69, 9.17) is 14.5 Å². The molecule has 0 radical (unpaired) electrons. The fraction of sp³-hybridized carbons (Fsp3) is 0.152. The summed E-state index contributed by atoms with van der Waals surface area (Å²) >= 11 is 1.02. The Morgan fingerprint density at radius 3 is 2.33 bits per heavy atom. The van der Waals surface area contributed by atoms with Crippen molar-refractivity contribution in [1.82, 2.24) is 14.9 Å². The maximum atomic E-state index is 12.5. The van der Waals surface area contributed by atoms with E-state index in [1.54, 1.807) is 24.3 Å². The van der Waals surface area contributed by atoms with Crippen molar-refractivity contribution >= 4 is 45.5 Å². The summed E-state index contributed by atoms with van der Waals surface area (Å²) in [5.41, 5.74) is 5.05. The molecule has 43 heavy (non-hydrogen) atoms. The molecule has 2 N–H and O–H groups in total. The molecule has 3 amide bonds. The van der Waals surface area contributed by atoms with E-state index in [9.17, 15) is 14.4 Å². The zero-order chi connectivity index (χ0) is 29.9. The lowest BCUT2D eigenvalue weighted by molar-refractivity contribution is -0.118. The fourth-order valence-electron chi connectivity index (χ4n) is 4.67. The Hall–Kier alpha value is -5.09. The van der Waals surface area contributed by atoms with E-state index in [2.05, 4.69) is 10.6 Å². The maximum Gasteiger partial charge on any atom is 0.286 e. The van der Waals surface area contributed by atoms with Crippen LogP contribution in [-0.2, 0) is 24.9 Å². The number of hydrogen-bond donors (Lipinski definition) is 2. The van der Waals surface area contributed by atoms with Crippen LogP contribution in [0.2, 0.25) is 0 Å². The number of anilines is 1. The molecule has 9 nitrogen and oxygen atoms in total. The lowest BCUT2D eigenvalue weighted by Crippen LogP contribution is -2.25. The number of carbonyl (C=O) groups excluding carboxylic acids is 3. The third-order valence-corrected chi connectivity index (χ3v) is 8.07. The standard InChI is InChI=1S/C33H28N4O5S/c1-20-3-7-22(8-4-20)31(38)34-23-9-13-25(14-10-23)42-26-15-16-27-28(18-26)37(2)30(35-27)19-41-24-11-5-21(6-12-24)17-29-32(39)36-33(40)43-29/h3-16,18,29H,17,19H2,1-2H3,(H,34,38)(H,36,39,40). The number of carbonyl (C=O) groups is 3. The number of aromatic nitrogens is 2. The Kier molecular flexibility index (Phi) is 7.84. The van der Waals surface area contributed by atoms with E-state index in [0.717, 1.165) is 39.7 Å². The van der Waals surface area contributed by atoms with E-state index < -0.39 is 5.25 Å². The molecule has 4 aromatic carbocycles. The monoisotopic (exact) mass is 592 g/mol. The van der Waals surface area contributed by atoms with Gasteiger partial charge in [-0.25, -0.2) is 4.98 Å². The molecule has 0 bridgehead atoms. The average Bonchev–Trinajstić information content (AvgIpc) is 3.50. The summed E-state index contributed by atoms with van der Waals surface area (Å²) in [7, 11) is 1.93. The zero-order valence-corrected chi connectivity index (χ0v) is 24.3. The van der Waals surface area contributed by atoms with Gasteiger partial charge >= 0.3 is 0 Å². The quantitative estimate of drug-likeness (QED) is 0.204. The van der Waals surface area contributed by atoms with Gasteiger partial charge in [-0.2, -0.15) is 0 Å². The van der Waals surface area contributed by atoms with Gasteiger partial charge < -0.3 is 19.4 Å². The van der Waals surface area contributed by atoms with Crippen molar-refractivity contribution in [3.05, 3.63) is 114 Å². The molecule has 10 heteroatoms. The van der Waals surface area contributed by atoms with Gasteiger partial charge in [0.15, 0.2) is 0 Å². The molecule has 6 rings (SSSR count). The summed E-state index contributed by atoms with van der Waals surface area (Å²) in [5.74, 6) is 2.31. The van der Waals surface area contributed by atoms with Crippen molar-refractivity contribution in [3.8, 4) is 17.2 Å². The number of benzene rings is 4. The molecule has 1 aliphatic heterocycles. The minimum absolute atomic E-state index is 0.167. The molecule has 1 aliphatic rings.